The van der Waals surface area contributed by atoms with Crippen LogP contribution < -0.4 is 10.0 Å². The van der Waals surface area contributed by atoms with Gasteiger partial charge in [-0.25, -0.2) is 17.5 Å². The zero-order valence-electron chi connectivity index (χ0n) is 12.2. The Balaban J connectivity index is 1.90. The lowest BCUT2D eigenvalue weighted by molar-refractivity contribution is 0.0941. The molecule has 0 aliphatic rings. The molecule has 0 fully saturated rings. The number of carbonyl (C=O) groups is 1. The molecule has 1 aromatic heterocycles. The van der Waals surface area contributed by atoms with Crippen molar-refractivity contribution in [2.24, 2.45) is 0 Å². The van der Waals surface area contributed by atoms with Gasteiger partial charge in [0, 0.05) is 18.7 Å². The van der Waals surface area contributed by atoms with Crippen LogP contribution in [0.25, 0.3) is 11.5 Å². The van der Waals surface area contributed by atoms with Gasteiger partial charge in [-0.05, 0) is 31.2 Å². The van der Waals surface area contributed by atoms with E-state index in [4.69, 9.17) is 4.52 Å². The Bertz CT molecular complexity index is 774. The van der Waals surface area contributed by atoms with Gasteiger partial charge in [0.15, 0.2) is 0 Å². The molecule has 23 heavy (non-hydrogen) atoms. The molecular weight excluding hydrogens is 327 g/mol. The number of hydrogen-bond donors (Lipinski definition) is 2. The molecule has 1 amide bonds. The van der Waals surface area contributed by atoms with Gasteiger partial charge in [0.25, 0.3) is 17.6 Å². The molecule has 0 aliphatic heterocycles. The zero-order valence-corrected chi connectivity index (χ0v) is 13.1. The molecule has 8 nitrogen and oxygen atoms in total. The topological polar surface area (TPSA) is 114 Å². The number of sulfonamides is 1. The van der Waals surface area contributed by atoms with Gasteiger partial charge in [0.05, 0.1) is 5.75 Å². The van der Waals surface area contributed by atoms with Gasteiger partial charge < -0.3 is 9.84 Å². The van der Waals surface area contributed by atoms with Crippen molar-refractivity contribution in [3.63, 3.8) is 0 Å². The summed E-state index contributed by atoms with van der Waals surface area (Å²) < 4.78 is 42.5. The first-order valence-electron chi connectivity index (χ1n) is 6.76. The third kappa shape index (κ3) is 4.83. The van der Waals surface area contributed by atoms with Gasteiger partial charge in [0.1, 0.15) is 5.82 Å². The lowest BCUT2D eigenvalue weighted by Gasteiger charge is -2.04. The Morgan fingerprint density at radius 2 is 1.96 bits per heavy atom. The van der Waals surface area contributed by atoms with E-state index in [1.54, 1.807) is 0 Å². The molecule has 2 aromatic rings. The molecule has 10 heteroatoms. The van der Waals surface area contributed by atoms with Gasteiger partial charge in [-0.15, -0.1) is 0 Å². The summed E-state index contributed by atoms with van der Waals surface area (Å²) >= 11 is 0. The predicted molar refractivity (Wildman–Crippen MR) is 79.5 cm³/mol. The first-order chi connectivity index (χ1) is 10.9. The summed E-state index contributed by atoms with van der Waals surface area (Å²) in [5.41, 5.74) is 0.480. The Morgan fingerprint density at radius 3 is 2.61 bits per heavy atom. The molecule has 2 rings (SSSR count). The standard InChI is InChI=1S/C13H15FN4O4S/c1-2-23(20,21)16-8-7-15-12(19)11-17-13(22-18-11)9-3-5-10(14)6-4-9/h3-6,16H,2,7-8H2,1H3,(H,15,19). The second-order valence-electron chi connectivity index (χ2n) is 4.48. The largest absolute Gasteiger partial charge is 0.348 e. The third-order valence-electron chi connectivity index (χ3n) is 2.83. The molecule has 124 valence electrons. The number of aromatic nitrogens is 2. The SMILES string of the molecule is CCS(=O)(=O)NCCNC(=O)c1noc(-c2ccc(F)cc2)n1. The number of carbonyl (C=O) groups excluding carboxylic acids is 1. The molecule has 1 aromatic carbocycles. The first-order valence-corrected chi connectivity index (χ1v) is 8.41. The fourth-order valence-corrected chi connectivity index (χ4v) is 2.21. The van der Waals surface area contributed by atoms with Crippen molar-refractivity contribution in [2.75, 3.05) is 18.8 Å². The lowest BCUT2D eigenvalue weighted by Crippen LogP contribution is -2.35. The van der Waals surface area contributed by atoms with Crippen molar-refractivity contribution < 1.29 is 22.1 Å². The monoisotopic (exact) mass is 342 g/mol. The molecule has 0 bridgehead atoms. The van der Waals surface area contributed by atoms with Crippen LogP contribution in [0.1, 0.15) is 17.5 Å². The fraction of sp³-hybridized carbons (Fsp3) is 0.308. The normalized spacial score (nSPS) is 11.4. The summed E-state index contributed by atoms with van der Waals surface area (Å²) in [5.74, 6) is -1.14. The number of rotatable bonds is 7. The highest BCUT2D eigenvalue weighted by Crippen LogP contribution is 2.17. The number of amides is 1. The van der Waals surface area contributed by atoms with E-state index in [-0.39, 0.29) is 30.6 Å². The second kappa shape index (κ2) is 7.29. The fourth-order valence-electron chi connectivity index (χ4n) is 1.59. The van der Waals surface area contributed by atoms with Crippen LogP contribution in [-0.2, 0) is 10.0 Å². The Labute approximate surface area is 132 Å². The number of halogens is 1. The number of hydrogen-bond acceptors (Lipinski definition) is 6. The summed E-state index contributed by atoms with van der Waals surface area (Å²) in [5, 5.41) is 5.99. The number of nitrogens with one attached hydrogen (secondary N) is 2. The molecular formula is C13H15FN4O4S. The molecule has 0 atom stereocenters. The summed E-state index contributed by atoms with van der Waals surface area (Å²) in [4.78, 5) is 15.7. The van der Waals surface area contributed by atoms with E-state index in [9.17, 15) is 17.6 Å². The average molecular weight is 342 g/mol. The van der Waals surface area contributed by atoms with Crippen LogP contribution in [0.5, 0.6) is 0 Å². The van der Waals surface area contributed by atoms with Gasteiger partial charge in [0.2, 0.25) is 10.0 Å². The summed E-state index contributed by atoms with van der Waals surface area (Å²) in [6, 6.07) is 5.37. The van der Waals surface area contributed by atoms with E-state index < -0.39 is 21.7 Å². The molecule has 1 heterocycles. The van der Waals surface area contributed by atoms with Crippen LogP contribution in [-0.4, -0.2) is 43.3 Å². The molecule has 0 radical (unpaired) electrons. The highest BCUT2D eigenvalue weighted by molar-refractivity contribution is 7.89. The number of benzene rings is 1. The molecule has 0 spiro atoms. The van der Waals surface area contributed by atoms with E-state index in [0.29, 0.717) is 5.56 Å². The van der Waals surface area contributed by atoms with Crippen molar-refractivity contribution in [1.29, 1.82) is 0 Å². The molecule has 2 N–H and O–H groups in total. The molecule has 0 saturated heterocycles. The predicted octanol–water partition coefficient (Wildman–Crippen LogP) is 0.545. The molecule has 0 saturated carbocycles. The van der Waals surface area contributed by atoms with Crippen LogP contribution in [0.15, 0.2) is 28.8 Å². The van der Waals surface area contributed by atoms with Crippen LogP contribution in [0.4, 0.5) is 4.39 Å². The van der Waals surface area contributed by atoms with Crippen molar-refractivity contribution in [3.05, 3.63) is 35.9 Å². The molecule has 0 unspecified atom stereocenters. The molecule has 0 aliphatic carbocycles. The number of nitrogens with zero attached hydrogens (tertiary/aromatic N) is 2. The maximum absolute atomic E-state index is 12.8. The van der Waals surface area contributed by atoms with Gasteiger partial charge in [-0.1, -0.05) is 5.16 Å². The summed E-state index contributed by atoms with van der Waals surface area (Å²) in [6.07, 6.45) is 0. The minimum Gasteiger partial charge on any atom is -0.348 e. The van der Waals surface area contributed by atoms with E-state index >= 15 is 0 Å². The third-order valence-corrected chi connectivity index (χ3v) is 4.24. The van der Waals surface area contributed by atoms with Crippen LogP contribution in [0.2, 0.25) is 0 Å². The highest BCUT2D eigenvalue weighted by Gasteiger charge is 2.15. The van der Waals surface area contributed by atoms with Gasteiger partial charge in [-0.2, -0.15) is 4.98 Å². The average Bonchev–Trinajstić information content (AvgIpc) is 3.02. The second-order valence-corrected chi connectivity index (χ2v) is 6.58. The Hall–Kier alpha value is -2.33. The summed E-state index contributed by atoms with van der Waals surface area (Å²) in [6.45, 7) is 1.65. The lowest BCUT2D eigenvalue weighted by atomic mass is 10.2. The highest BCUT2D eigenvalue weighted by atomic mass is 32.2. The van der Waals surface area contributed by atoms with Crippen LogP contribution >= 0.6 is 0 Å². The van der Waals surface area contributed by atoms with Crippen molar-refractivity contribution >= 4 is 15.9 Å². The van der Waals surface area contributed by atoms with E-state index in [2.05, 4.69) is 20.2 Å². The maximum atomic E-state index is 12.8. The van der Waals surface area contributed by atoms with Crippen molar-refractivity contribution in [2.45, 2.75) is 6.92 Å². The van der Waals surface area contributed by atoms with E-state index in [1.807, 2.05) is 0 Å². The first kappa shape index (κ1) is 17.0. The van der Waals surface area contributed by atoms with E-state index in [1.165, 1.54) is 31.2 Å². The summed E-state index contributed by atoms with van der Waals surface area (Å²) in [7, 11) is -3.30. The van der Waals surface area contributed by atoms with Crippen molar-refractivity contribution in [3.8, 4) is 11.5 Å². The van der Waals surface area contributed by atoms with Gasteiger partial charge >= 0.3 is 0 Å². The Morgan fingerprint density at radius 1 is 1.26 bits per heavy atom. The van der Waals surface area contributed by atoms with Crippen LogP contribution in [0.3, 0.4) is 0 Å². The smallest absolute Gasteiger partial charge is 0.292 e. The van der Waals surface area contributed by atoms with Crippen LogP contribution in [0, 0.1) is 5.82 Å². The minimum absolute atomic E-state index is 0.0349. The van der Waals surface area contributed by atoms with Crippen molar-refractivity contribution in [1.82, 2.24) is 20.2 Å². The van der Waals surface area contributed by atoms with Gasteiger partial charge in [-0.3, -0.25) is 4.79 Å². The minimum atomic E-state index is -3.30. The maximum Gasteiger partial charge on any atom is 0.292 e. The Kier molecular flexibility index (Phi) is 5.40. The van der Waals surface area contributed by atoms with E-state index in [0.717, 1.165) is 0 Å². The quantitative estimate of drug-likeness (QED) is 0.710. The zero-order chi connectivity index (χ0) is 16.9.